The van der Waals surface area contributed by atoms with Crippen LogP contribution in [0.4, 0.5) is 5.69 Å². The first-order valence-corrected chi connectivity index (χ1v) is 14.1. The predicted molar refractivity (Wildman–Crippen MR) is 155 cm³/mol. The maximum absolute atomic E-state index is 13.0. The molecule has 3 aromatic carbocycles. The summed E-state index contributed by atoms with van der Waals surface area (Å²) >= 11 is 1.47. The summed E-state index contributed by atoms with van der Waals surface area (Å²) < 4.78 is 1.88. The first-order chi connectivity index (χ1) is 19.0. The van der Waals surface area contributed by atoms with Crippen LogP contribution in [0.15, 0.2) is 90.4 Å². The Balaban J connectivity index is 1.12. The first-order valence-electron chi connectivity index (χ1n) is 13.2. The van der Waals surface area contributed by atoms with Crippen LogP contribution in [0.25, 0.3) is 16.6 Å². The molecule has 39 heavy (non-hydrogen) atoms. The highest BCUT2D eigenvalue weighted by molar-refractivity contribution is 7.12. The zero-order valence-electron chi connectivity index (χ0n) is 21.5. The Kier molecular flexibility index (Phi) is 7.09. The van der Waals surface area contributed by atoms with Gasteiger partial charge in [0.05, 0.1) is 28.4 Å². The zero-order valence-corrected chi connectivity index (χ0v) is 22.3. The van der Waals surface area contributed by atoms with Gasteiger partial charge in [0.1, 0.15) is 0 Å². The molecule has 5 aromatic rings. The average molecular weight is 536 g/mol. The summed E-state index contributed by atoms with van der Waals surface area (Å²) in [6, 6.07) is 25.5. The normalized spacial score (nSPS) is 14.1. The van der Waals surface area contributed by atoms with Crippen LogP contribution in [0.3, 0.4) is 0 Å². The highest BCUT2D eigenvalue weighted by Gasteiger charge is 2.18. The van der Waals surface area contributed by atoms with Crippen molar-refractivity contribution in [1.82, 2.24) is 9.78 Å². The molecule has 1 saturated heterocycles. The number of hydrogen-bond donors (Lipinski definition) is 1. The lowest BCUT2D eigenvalue weighted by Crippen LogP contribution is -2.35. The number of benzene rings is 3. The van der Waals surface area contributed by atoms with Gasteiger partial charge in [0.25, 0.3) is 0 Å². The van der Waals surface area contributed by atoms with Gasteiger partial charge in [-0.3, -0.25) is 9.59 Å². The Labute approximate surface area is 231 Å². The molecule has 0 atom stereocenters. The van der Waals surface area contributed by atoms with Crippen molar-refractivity contribution >= 4 is 39.5 Å². The number of rotatable bonds is 8. The molecule has 0 amide bonds. The molecule has 6 nitrogen and oxygen atoms in total. The van der Waals surface area contributed by atoms with Gasteiger partial charge in [0, 0.05) is 42.6 Å². The van der Waals surface area contributed by atoms with Crippen molar-refractivity contribution in [2.45, 2.75) is 31.8 Å². The van der Waals surface area contributed by atoms with Crippen LogP contribution in [0.2, 0.25) is 0 Å². The van der Waals surface area contributed by atoms with Crippen LogP contribution in [-0.4, -0.2) is 45.6 Å². The molecule has 3 heterocycles. The number of aliphatic hydroxyl groups excluding tert-OH is 1. The number of hydrogen-bond acceptors (Lipinski definition) is 6. The molecule has 1 aliphatic rings. The van der Waals surface area contributed by atoms with Gasteiger partial charge in [-0.25, -0.2) is 4.68 Å². The number of carbonyl (C=O) groups is 2. The number of carbonyl (C=O) groups excluding carboxylic acids is 2. The van der Waals surface area contributed by atoms with Crippen molar-refractivity contribution in [3.8, 4) is 5.69 Å². The monoisotopic (exact) mass is 535 g/mol. The molecule has 1 aliphatic heterocycles. The maximum atomic E-state index is 13.0. The number of thiophene rings is 1. The van der Waals surface area contributed by atoms with Crippen molar-refractivity contribution in [3.05, 3.63) is 112 Å². The molecule has 196 valence electrons. The summed E-state index contributed by atoms with van der Waals surface area (Å²) in [6.07, 6.45) is 3.88. The van der Waals surface area contributed by atoms with Crippen LogP contribution in [0.1, 0.15) is 44.0 Å². The van der Waals surface area contributed by atoms with Crippen molar-refractivity contribution in [3.63, 3.8) is 0 Å². The lowest BCUT2D eigenvalue weighted by molar-refractivity contribution is 0.0986. The minimum Gasteiger partial charge on any atom is -0.393 e. The van der Waals surface area contributed by atoms with E-state index in [1.807, 2.05) is 95.1 Å². The Bertz CT molecular complexity index is 1600. The van der Waals surface area contributed by atoms with Gasteiger partial charge in [-0.05, 0) is 83.9 Å². The fraction of sp³-hybridized carbons (Fsp3) is 0.219. The standard InChI is InChI=1S/C32H29N3O3S/c36-28-13-15-34(16-14-28)26-10-6-24(7-11-26)30(37)20-23-5-12-29-25(18-23)21-33-35(29)27-8-3-22(4-9-27)19-31(38)32-2-1-17-39-32/h1-12,17-18,21,28,36H,13-16,19-20H2. The summed E-state index contributed by atoms with van der Waals surface area (Å²) in [5.74, 6) is 0.207. The molecule has 6 rings (SSSR count). The molecule has 0 spiro atoms. The van der Waals surface area contributed by atoms with E-state index >= 15 is 0 Å². The van der Waals surface area contributed by atoms with Crippen LogP contribution >= 0.6 is 11.3 Å². The molecule has 0 saturated carbocycles. The largest absolute Gasteiger partial charge is 0.393 e. The van der Waals surface area contributed by atoms with Gasteiger partial charge < -0.3 is 10.0 Å². The van der Waals surface area contributed by atoms with E-state index in [4.69, 9.17) is 0 Å². The molecule has 0 bridgehead atoms. The first kappa shape index (κ1) is 25.2. The third kappa shape index (κ3) is 5.55. The average Bonchev–Trinajstić information content (AvgIpc) is 3.65. The van der Waals surface area contributed by atoms with E-state index in [9.17, 15) is 14.7 Å². The minimum atomic E-state index is -0.203. The summed E-state index contributed by atoms with van der Waals surface area (Å²) in [4.78, 5) is 28.4. The van der Waals surface area contributed by atoms with Gasteiger partial charge in [0.2, 0.25) is 0 Å². The summed E-state index contributed by atoms with van der Waals surface area (Å²) in [5, 5.41) is 17.2. The van der Waals surface area contributed by atoms with Crippen molar-refractivity contribution in [1.29, 1.82) is 0 Å². The highest BCUT2D eigenvalue weighted by Crippen LogP contribution is 2.24. The molecular formula is C32H29N3O3S. The number of fused-ring (bicyclic) bond motifs is 1. The Morgan fingerprint density at radius 2 is 1.54 bits per heavy atom. The lowest BCUT2D eigenvalue weighted by Gasteiger charge is -2.31. The van der Waals surface area contributed by atoms with Gasteiger partial charge in [-0.1, -0.05) is 24.3 Å². The van der Waals surface area contributed by atoms with Crippen LogP contribution < -0.4 is 4.90 Å². The number of Topliss-reactive ketones (excluding diaryl/α,β-unsaturated/α-hetero) is 2. The van der Waals surface area contributed by atoms with E-state index in [0.29, 0.717) is 18.4 Å². The Morgan fingerprint density at radius 3 is 2.26 bits per heavy atom. The molecule has 0 radical (unpaired) electrons. The molecular weight excluding hydrogens is 506 g/mol. The zero-order chi connectivity index (χ0) is 26.8. The summed E-state index contributed by atoms with van der Waals surface area (Å²) in [6.45, 7) is 1.67. The number of aliphatic hydroxyl groups is 1. The summed E-state index contributed by atoms with van der Waals surface area (Å²) in [5.41, 5.74) is 5.59. The van der Waals surface area contributed by atoms with Crippen LogP contribution in [0.5, 0.6) is 0 Å². The van der Waals surface area contributed by atoms with Gasteiger partial charge in [-0.2, -0.15) is 5.10 Å². The topological polar surface area (TPSA) is 75.4 Å². The number of aromatic nitrogens is 2. The fourth-order valence-electron chi connectivity index (χ4n) is 5.13. The molecule has 0 unspecified atom stereocenters. The molecule has 0 aliphatic carbocycles. The van der Waals surface area contributed by atoms with Crippen molar-refractivity contribution in [2.75, 3.05) is 18.0 Å². The fourth-order valence-corrected chi connectivity index (χ4v) is 5.80. The second-order valence-corrected chi connectivity index (χ2v) is 11.0. The molecule has 7 heteroatoms. The van der Waals surface area contributed by atoms with Crippen molar-refractivity contribution < 1.29 is 14.7 Å². The molecule has 1 N–H and O–H groups in total. The van der Waals surface area contributed by atoms with E-state index in [0.717, 1.165) is 64.2 Å². The number of anilines is 1. The van der Waals surface area contributed by atoms with E-state index < -0.39 is 0 Å². The second-order valence-electron chi connectivity index (χ2n) is 10.1. The maximum Gasteiger partial charge on any atom is 0.177 e. The van der Waals surface area contributed by atoms with E-state index in [2.05, 4.69) is 10.00 Å². The summed E-state index contributed by atoms with van der Waals surface area (Å²) in [7, 11) is 0. The smallest absolute Gasteiger partial charge is 0.177 e. The third-order valence-corrected chi connectivity index (χ3v) is 8.27. The van der Waals surface area contributed by atoms with Gasteiger partial charge >= 0.3 is 0 Å². The minimum absolute atomic E-state index is 0.0787. The molecule has 2 aromatic heterocycles. The van der Waals surface area contributed by atoms with Crippen molar-refractivity contribution in [2.24, 2.45) is 0 Å². The quantitative estimate of drug-likeness (QED) is 0.251. The van der Waals surface area contributed by atoms with Crippen LogP contribution in [-0.2, 0) is 12.8 Å². The SMILES string of the molecule is O=C(Cc1ccc2c(cnn2-c2ccc(CC(=O)c3cccs3)cc2)c1)c1ccc(N2CCC(O)CC2)cc1. The van der Waals surface area contributed by atoms with Crippen LogP contribution in [0, 0.1) is 0 Å². The number of piperidine rings is 1. The van der Waals surface area contributed by atoms with E-state index in [-0.39, 0.29) is 17.7 Å². The van der Waals surface area contributed by atoms with E-state index in [1.165, 1.54) is 11.3 Å². The van der Waals surface area contributed by atoms with E-state index in [1.54, 1.807) is 0 Å². The highest BCUT2D eigenvalue weighted by atomic mass is 32.1. The lowest BCUT2D eigenvalue weighted by atomic mass is 10.0. The number of nitrogens with zero attached hydrogens (tertiary/aromatic N) is 3. The van der Waals surface area contributed by atoms with Gasteiger partial charge in [0.15, 0.2) is 11.6 Å². The Morgan fingerprint density at radius 1 is 0.846 bits per heavy atom. The molecule has 1 fully saturated rings. The Hall–Kier alpha value is -4.07. The number of ketones is 2. The van der Waals surface area contributed by atoms with Gasteiger partial charge in [-0.15, -0.1) is 11.3 Å². The third-order valence-electron chi connectivity index (χ3n) is 7.36. The predicted octanol–water partition coefficient (Wildman–Crippen LogP) is 5.90. The second kappa shape index (κ2) is 11.0.